The Hall–Kier alpha value is -2.85. The zero-order chi connectivity index (χ0) is 21.2. The molecule has 0 aliphatic carbocycles. The van der Waals surface area contributed by atoms with Gasteiger partial charge in [-0.05, 0) is 42.7 Å². The Kier molecular flexibility index (Phi) is 5.65. The highest BCUT2D eigenvalue weighted by Gasteiger charge is 2.38. The van der Waals surface area contributed by atoms with Crippen LogP contribution < -0.4 is 10.1 Å². The molecule has 2 bridgehead atoms. The number of methoxy groups -OCH3 is 1. The van der Waals surface area contributed by atoms with Gasteiger partial charge in [0.15, 0.2) is 0 Å². The number of carbonyl (C=O) groups excluding carboxylic acids is 1. The van der Waals surface area contributed by atoms with E-state index in [0.717, 1.165) is 30.2 Å². The van der Waals surface area contributed by atoms with Gasteiger partial charge in [-0.1, -0.05) is 67.1 Å². The Bertz CT molecular complexity index is 1050. The van der Waals surface area contributed by atoms with E-state index in [1.165, 1.54) is 24.8 Å². The van der Waals surface area contributed by atoms with Crippen LogP contribution in [0.3, 0.4) is 0 Å². The molecule has 2 saturated heterocycles. The van der Waals surface area contributed by atoms with Crippen molar-refractivity contribution < 1.29 is 9.53 Å². The van der Waals surface area contributed by atoms with Crippen molar-refractivity contribution in [2.24, 2.45) is 0 Å². The van der Waals surface area contributed by atoms with E-state index in [1.807, 2.05) is 36.4 Å². The molecule has 5 rings (SSSR count). The number of nitrogens with zero attached hydrogens (tertiary/aromatic N) is 1. The van der Waals surface area contributed by atoms with E-state index in [-0.39, 0.29) is 11.9 Å². The van der Waals surface area contributed by atoms with Gasteiger partial charge in [-0.15, -0.1) is 0 Å². The van der Waals surface area contributed by atoms with E-state index in [2.05, 4.69) is 40.5 Å². The average molecular weight is 415 g/mol. The van der Waals surface area contributed by atoms with E-state index in [9.17, 15) is 4.79 Å². The van der Waals surface area contributed by atoms with E-state index in [1.54, 1.807) is 7.11 Å². The van der Waals surface area contributed by atoms with Gasteiger partial charge in [0, 0.05) is 30.1 Å². The number of nitrogens with one attached hydrogen (secondary N) is 1. The quantitative estimate of drug-likeness (QED) is 0.627. The molecule has 0 aromatic heterocycles. The van der Waals surface area contributed by atoms with Crippen LogP contribution in [0.5, 0.6) is 5.75 Å². The molecule has 0 radical (unpaired) electrons. The van der Waals surface area contributed by atoms with Gasteiger partial charge in [0.05, 0.1) is 12.7 Å². The first-order valence-corrected chi connectivity index (χ1v) is 11.4. The maximum absolute atomic E-state index is 13.2. The first-order chi connectivity index (χ1) is 15.2. The maximum atomic E-state index is 13.2. The smallest absolute Gasteiger partial charge is 0.255 e. The molecule has 2 aliphatic rings. The molecule has 3 aromatic carbocycles. The summed E-state index contributed by atoms with van der Waals surface area (Å²) in [5.74, 6) is 0.638. The van der Waals surface area contributed by atoms with Crippen LogP contribution in [0.25, 0.3) is 10.8 Å². The van der Waals surface area contributed by atoms with Crippen LogP contribution in [0, 0.1) is 0 Å². The number of carbonyl (C=O) groups is 1. The zero-order valence-corrected chi connectivity index (χ0v) is 18.1. The first-order valence-electron chi connectivity index (χ1n) is 11.4. The Morgan fingerprint density at radius 1 is 0.968 bits per heavy atom. The average Bonchev–Trinajstić information content (AvgIpc) is 2.79. The number of amides is 1. The van der Waals surface area contributed by atoms with E-state index in [4.69, 9.17) is 4.74 Å². The number of rotatable bonds is 5. The number of ether oxygens (including phenoxy) is 1. The van der Waals surface area contributed by atoms with Crippen molar-refractivity contribution in [3.05, 3.63) is 77.9 Å². The molecule has 2 heterocycles. The van der Waals surface area contributed by atoms with E-state index in [0.29, 0.717) is 23.4 Å². The van der Waals surface area contributed by atoms with Crippen LogP contribution >= 0.6 is 0 Å². The molecule has 3 aromatic rings. The highest BCUT2D eigenvalue weighted by atomic mass is 16.5. The Morgan fingerprint density at radius 3 is 2.42 bits per heavy atom. The van der Waals surface area contributed by atoms with Gasteiger partial charge in [-0.25, -0.2) is 0 Å². The summed E-state index contributed by atoms with van der Waals surface area (Å²) in [5.41, 5.74) is 2.00. The summed E-state index contributed by atoms with van der Waals surface area (Å²) < 4.78 is 5.66. The number of benzene rings is 3. The summed E-state index contributed by atoms with van der Waals surface area (Å²) in [6.45, 7) is 1.01. The lowest BCUT2D eigenvalue weighted by Crippen LogP contribution is -2.56. The van der Waals surface area contributed by atoms with Gasteiger partial charge >= 0.3 is 0 Å². The van der Waals surface area contributed by atoms with Crippen molar-refractivity contribution in [1.82, 2.24) is 10.2 Å². The van der Waals surface area contributed by atoms with Crippen LogP contribution in [0.1, 0.15) is 48.0 Å². The molecule has 4 nitrogen and oxygen atoms in total. The summed E-state index contributed by atoms with van der Waals surface area (Å²) in [5, 5.41) is 5.40. The highest BCUT2D eigenvalue weighted by molar-refractivity contribution is 6.03. The Labute approximate surface area is 184 Å². The summed E-state index contributed by atoms with van der Waals surface area (Å²) in [6, 6.07) is 24.0. The zero-order valence-electron chi connectivity index (χ0n) is 18.1. The Balaban J connectivity index is 1.31. The van der Waals surface area contributed by atoms with E-state index < -0.39 is 0 Å². The maximum Gasteiger partial charge on any atom is 0.255 e. The van der Waals surface area contributed by atoms with Crippen molar-refractivity contribution in [1.29, 1.82) is 0 Å². The fraction of sp³-hybridized carbons (Fsp3) is 0.370. The third-order valence-electron chi connectivity index (χ3n) is 7.00. The number of piperidine rings is 2. The molecular weight excluding hydrogens is 384 g/mol. The van der Waals surface area contributed by atoms with Crippen molar-refractivity contribution in [2.75, 3.05) is 7.11 Å². The van der Waals surface area contributed by atoms with Crippen LogP contribution in [0.2, 0.25) is 0 Å². The first kappa shape index (κ1) is 20.1. The van der Waals surface area contributed by atoms with Gasteiger partial charge in [0.2, 0.25) is 0 Å². The van der Waals surface area contributed by atoms with Crippen LogP contribution in [-0.4, -0.2) is 36.0 Å². The van der Waals surface area contributed by atoms with Crippen LogP contribution in [-0.2, 0) is 6.54 Å². The molecule has 31 heavy (non-hydrogen) atoms. The van der Waals surface area contributed by atoms with Crippen molar-refractivity contribution in [2.45, 2.75) is 56.8 Å². The summed E-state index contributed by atoms with van der Waals surface area (Å²) in [4.78, 5) is 15.9. The van der Waals surface area contributed by atoms with Gasteiger partial charge in [-0.3, -0.25) is 9.69 Å². The standard InChI is InChI=1S/C27H30N2O2/c1-31-26-24-13-6-5-10-20(24)14-15-25(26)27(30)28-21-16-22-11-7-12-23(17-21)29(22)18-19-8-3-2-4-9-19/h2-6,8-10,13-15,21-23H,7,11-12,16-18H2,1H3,(H,28,30). The normalized spacial score (nSPS) is 23.5. The van der Waals surface area contributed by atoms with Gasteiger partial charge in [0.1, 0.15) is 5.75 Å². The fourth-order valence-corrected chi connectivity index (χ4v) is 5.55. The summed E-state index contributed by atoms with van der Waals surface area (Å²) in [6.07, 6.45) is 5.76. The largest absolute Gasteiger partial charge is 0.495 e. The third-order valence-corrected chi connectivity index (χ3v) is 7.00. The molecule has 160 valence electrons. The molecule has 2 fully saturated rings. The lowest BCUT2D eigenvalue weighted by molar-refractivity contribution is 0.0177. The van der Waals surface area contributed by atoms with Crippen molar-refractivity contribution in [3.63, 3.8) is 0 Å². The summed E-state index contributed by atoms with van der Waals surface area (Å²) >= 11 is 0. The second kappa shape index (κ2) is 8.72. The van der Waals surface area contributed by atoms with E-state index >= 15 is 0 Å². The molecule has 2 unspecified atom stereocenters. The second-order valence-corrected chi connectivity index (χ2v) is 8.91. The predicted octanol–water partition coefficient (Wildman–Crippen LogP) is 5.16. The number of fused-ring (bicyclic) bond motifs is 3. The monoisotopic (exact) mass is 414 g/mol. The molecule has 4 heteroatoms. The molecule has 2 aliphatic heterocycles. The second-order valence-electron chi connectivity index (χ2n) is 8.91. The van der Waals surface area contributed by atoms with Crippen molar-refractivity contribution >= 4 is 16.7 Å². The molecular formula is C27H30N2O2. The third kappa shape index (κ3) is 4.05. The van der Waals surface area contributed by atoms with Crippen molar-refractivity contribution in [3.8, 4) is 5.75 Å². The lowest BCUT2D eigenvalue weighted by Gasteiger charge is -2.49. The lowest BCUT2D eigenvalue weighted by atomic mass is 9.81. The minimum atomic E-state index is -0.0258. The molecule has 1 amide bonds. The minimum Gasteiger partial charge on any atom is -0.495 e. The van der Waals surface area contributed by atoms with Crippen LogP contribution in [0.15, 0.2) is 66.7 Å². The molecule has 2 atom stereocenters. The van der Waals surface area contributed by atoms with Crippen LogP contribution in [0.4, 0.5) is 0 Å². The molecule has 0 spiro atoms. The highest BCUT2D eigenvalue weighted by Crippen LogP contribution is 2.36. The number of hydrogen-bond acceptors (Lipinski definition) is 3. The number of hydrogen-bond donors (Lipinski definition) is 1. The molecule has 1 N–H and O–H groups in total. The predicted molar refractivity (Wildman–Crippen MR) is 124 cm³/mol. The van der Waals surface area contributed by atoms with Gasteiger partial charge in [0.25, 0.3) is 5.91 Å². The molecule has 0 saturated carbocycles. The van der Waals surface area contributed by atoms with Gasteiger partial charge in [-0.2, -0.15) is 0 Å². The summed E-state index contributed by atoms with van der Waals surface area (Å²) in [7, 11) is 1.64. The van der Waals surface area contributed by atoms with Gasteiger partial charge < -0.3 is 10.1 Å². The minimum absolute atomic E-state index is 0.0258. The SMILES string of the molecule is COc1c(C(=O)NC2CC3CCCC(C2)N3Cc2ccccc2)ccc2ccccc12. The topological polar surface area (TPSA) is 41.6 Å². The Morgan fingerprint density at radius 2 is 1.68 bits per heavy atom. The fourth-order valence-electron chi connectivity index (χ4n) is 5.55.